The van der Waals surface area contributed by atoms with E-state index < -0.39 is 0 Å². The Labute approximate surface area is 131 Å². The van der Waals surface area contributed by atoms with E-state index in [0.717, 1.165) is 16.8 Å². The van der Waals surface area contributed by atoms with Crippen molar-refractivity contribution in [2.75, 3.05) is 11.1 Å². The Morgan fingerprint density at radius 3 is 2.18 bits per heavy atom. The summed E-state index contributed by atoms with van der Waals surface area (Å²) in [5.41, 5.74) is 9.84. The van der Waals surface area contributed by atoms with Crippen LogP contribution in [0.4, 0.5) is 11.4 Å². The summed E-state index contributed by atoms with van der Waals surface area (Å²) in [6.07, 6.45) is 3.07. The van der Waals surface area contributed by atoms with E-state index in [9.17, 15) is 4.79 Å². The monoisotopic (exact) mass is 297 g/mol. The topological polar surface area (TPSA) is 68.0 Å². The highest BCUT2D eigenvalue weighted by Crippen LogP contribution is 2.32. The van der Waals surface area contributed by atoms with Gasteiger partial charge < -0.3 is 11.1 Å². The maximum Gasteiger partial charge on any atom is 0.259 e. The molecule has 0 aliphatic carbocycles. The Morgan fingerprint density at radius 1 is 1.09 bits per heavy atom. The number of hydrogen-bond donors (Lipinski definition) is 2. The van der Waals surface area contributed by atoms with Gasteiger partial charge in [-0.05, 0) is 29.0 Å². The first-order valence-corrected chi connectivity index (χ1v) is 7.55. The van der Waals surface area contributed by atoms with Gasteiger partial charge >= 0.3 is 0 Å². The lowest BCUT2D eigenvalue weighted by Gasteiger charge is -2.20. The van der Waals surface area contributed by atoms with Crippen molar-refractivity contribution in [3.05, 3.63) is 53.3 Å². The Morgan fingerprint density at radius 2 is 1.68 bits per heavy atom. The van der Waals surface area contributed by atoms with Crippen LogP contribution in [0.5, 0.6) is 0 Å². The van der Waals surface area contributed by atoms with Crippen molar-refractivity contribution in [3.8, 4) is 0 Å². The zero-order valence-electron chi connectivity index (χ0n) is 13.6. The summed E-state index contributed by atoms with van der Waals surface area (Å²) in [5.74, 6) is 0.418. The predicted octanol–water partition coefficient (Wildman–Crippen LogP) is 4.16. The summed E-state index contributed by atoms with van der Waals surface area (Å²) < 4.78 is 0. The molecule has 3 N–H and O–H groups in total. The number of nitrogen functional groups attached to an aromatic ring is 1. The van der Waals surface area contributed by atoms with Gasteiger partial charge in [0.2, 0.25) is 0 Å². The number of hydrogen-bond acceptors (Lipinski definition) is 3. The molecule has 1 heterocycles. The van der Waals surface area contributed by atoms with Crippen LogP contribution in [-0.4, -0.2) is 10.9 Å². The third-order valence-corrected chi connectivity index (χ3v) is 3.71. The highest BCUT2D eigenvalue weighted by Gasteiger charge is 2.17. The van der Waals surface area contributed by atoms with Crippen LogP contribution in [0.25, 0.3) is 0 Å². The molecule has 1 aromatic carbocycles. The summed E-state index contributed by atoms with van der Waals surface area (Å²) >= 11 is 0. The lowest BCUT2D eigenvalue weighted by Crippen LogP contribution is -2.17. The van der Waals surface area contributed by atoms with E-state index in [0.29, 0.717) is 23.1 Å². The number of amides is 1. The van der Waals surface area contributed by atoms with Gasteiger partial charge in [-0.15, -0.1) is 0 Å². The van der Waals surface area contributed by atoms with Crippen molar-refractivity contribution >= 4 is 17.3 Å². The zero-order valence-corrected chi connectivity index (χ0v) is 13.6. The Hall–Kier alpha value is -2.36. The molecular weight excluding hydrogens is 274 g/mol. The van der Waals surface area contributed by atoms with Crippen molar-refractivity contribution in [2.24, 2.45) is 0 Å². The number of pyridine rings is 1. The first kappa shape index (κ1) is 16.0. The van der Waals surface area contributed by atoms with Gasteiger partial charge in [0.1, 0.15) is 0 Å². The van der Waals surface area contributed by atoms with E-state index in [-0.39, 0.29) is 5.91 Å². The molecule has 4 nitrogen and oxygen atoms in total. The summed E-state index contributed by atoms with van der Waals surface area (Å²) in [5, 5.41) is 3.04. The maximum absolute atomic E-state index is 12.6. The molecule has 0 atom stereocenters. The van der Waals surface area contributed by atoms with Crippen LogP contribution in [0, 0.1) is 0 Å². The first-order chi connectivity index (χ1) is 10.4. The van der Waals surface area contributed by atoms with E-state index in [1.165, 1.54) is 6.20 Å². The molecule has 0 aliphatic rings. The SMILES string of the molecule is CC(C)c1cccc(C(C)C)c1NC(=O)c1cnccc1N. The molecule has 0 bridgehead atoms. The van der Waals surface area contributed by atoms with E-state index in [1.807, 2.05) is 6.07 Å². The van der Waals surface area contributed by atoms with Gasteiger partial charge in [0.25, 0.3) is 5.91 Å². The van der Waals surface area contributed by atoms with Crippen LogP contribution in [0.1, 0.15) is 61.0 Å². The number of aromatic nitrogens is 1. The van der Waals surface area contributed by atoms with E-state index in [1.54, 1.807) is 12.3 Å². The van der Waals surface area contributed by atoms with Gasteiger partial charge in [0, 0.05) is 23.8 Å². The second kappa shape index (κ2) is 6.60. The second-order valence-corrected chi connectivity index (χ2v) is 6.04. The van der Waals surface area contributed by atoms with Gasteiger partial charge in [-0.3, -0.25) is 9.78 Å². The number of anilines is 2. The minimum absolute atomic E-state index is 0.222. The zero-order chi connectivity index (χ0) is 16.3. The fourth-order valence-corrected chi connectivity index (χ4v) is 2.47. The normalized spacial score (nSPS) is 11.0. The molecule has 1 aromatic heterocycles. The van der Waals surface area contributed by atoms with Crippen LogP contribution in [0.3, 0.4) is 0 Å². The maximum atomic E-state index is 12.6. The first-order valence-electron chi connectivity index (χ1n) is 7.55. The van der Waals surface area contributed by atoms with Gasteiger partial charge in [-0.2, -0.15) is 0 Å². The average molecular weight is 297 g/mol. The summed E-state index contributed by atoms with van der Waals surface area (Å²) in [4.78, 5) is 16.5. The van der Waals surface area contributed by atoms with Crippen molar-refractivity contribution in [2.45, 2.75) is 39.5 Å². The summed E-state index contributed by atoms with van der Waals surface area (Å²) in [6, 6.07) is 7.78. The Bertz CT molecular complexity index is 652. The molecule has 0 unspecified atom stereocenters. The lowest BCUT2D eigenvalue weighted by molar-refractivity contribution is 0.102. The number of nitrogens with one attached hydrogen (secondary N) is 1. The third kappa shape index (κ3) is 3.27. The molecule has 2 rings (SSSR count). The number of nitrogens with zero attached hydrogens (tertiary/aromatic N) is 1. The number of carbonyl (C=O) groups is 1. The average Bonchev–Trinajstić information content (AvgIpc) is 2.47. The molecule has 0 saturated heterocycles. The quantitative estimate of drug-likeness (QED) is 0.890. The fourth-order valence-electron chi connectivity index (χ4n) is 2.47. The van der Waals surface area contributed by atoms with Crippen molar-refractivity contribution < 1.29 is 4.79 Å². The van der Waals surface area contributed by atoms with Crippen molar-refractivity contribution in [1.82, 2.24) is 4.98 Å². The number of benzene rings is 1. The third-order valence-electron chi connectivity index (χ3n) is 3.71. The van der Waals surface area contributed by atoms with E-state index >= 15 is 0 Å². The van der Waals surface area contributed by atoms with Crippen molar-refractivity contribution in [1.29, 1.82) is 0 Å². The molecule has 0 radical (unpaired) electrons. The predicted molar refractivity (Wildman–Crippen MR) is 91.2 cm³/mol. The van der Waals surface area contributed by atoms with Crippen LogP contribution in [-0.2, 0) is 0 Å². The van der Waals surface area contributed by atoms with E-state index in [4.69, 9.17) is 5.73 Å². The number of para-hydroxylation sites is 1. The highest BCUT2D eigenvalue weighted by molar-refractivity contribution is 6.08. The minimum atomic E-state index is -0.222. The Kier molecular flexibility index (Phi) is 4.81. The summed E-state index contributed by atoms with van der Waals surface area (Å²) in [6.45, 7) is 8.47. The van der Waals surface area contributed by atoms with Crippen LogP contribution >= 0.6 is 0 Å². The largest absolute Gasteiger partial charge is 0.398 e. The van der Waals surface area contributed by atoms with E-state index in [2.05, 4.69) is 50.1 Å². The lowest BCUT2D eigenvalue weighted by atomic mass is 9.92. The fraction of sp³-hybridized carbons (Fsp3) is 0.333. The number of carbonyl (C=O) groups excluding carboxylic acids is 1. The Balaban J connectivity index is 2.44. The molecule has 22 heavy (non-hydrogen) atoms. The van der Waals surface area contributed by atoms with Crippen LogP contribution in [0.2, 0.25) is 0 Å². The number of nitrogens with two attached hydrogens (primary N) is 1. The molecule has 0 spiro atoms. The minimum Gasteiger partial charge on any atom is -0.398 e. The second-order valence-electron chi connectivity index (χ2n) is 6.04. The standard InChI is InChI=1S/C18H23N3O/c1-11(2)13-6-5-7-14(12(3)4)17(13)21-18(22)15-10-20-9-8-16(15)19/h5-12H,1-4H3,(H2,19,20)(H,21,22). The molecule has 4 heteroatoms. The van der Waals surface area contributed by atoms with Crippen LogP contribution in [0.15, 0.2) is 36.7 Å². The molecule has 0 fully saturated rings. The highest BCUT2D eigenvalue weighted by atomic mass is 16.1. The summed E-state index contributed by atoms with van der Waals surface area (Å²) in [7, 11) is 0. The molecule has 0 aliphatic heterocycles. The molecular formula is C18H23N3O. The van der Waals surface area contributed by atoms with Crippen LogP contribution < -0.4 is 11.1 Å². The molecule has 0 saturated carbocycles. The molecule has 2 aromatic rings. The van der Waals surface area contributed by atoms with Crippen molar-refractivity contribution in [3.63, 3.8) is 0 Å². The van der Waals surface area contributed by atoms with Gasteiger partial charge in [0.15, 0.2) is 0 Å². The van der Waals surface area contributed by atoms with Gasteiger partial charge in [0.05, 0.1) is 5.56 Å². The smallest absolute Gasteiger partial charge is 0.259 e. The van der Waals surface area contributed by atoms with Gasteiger partial charge in [-0.25, -0.2) is 0 Å². The molecule has 1 amide bonds. The van der Waals surface area contributed by atoms with Gasteiger partial charge in [-0.1, -0.05) is 45.9 Å². The molecule has 116 valence electrons. The number of rotatable bonds is 4.